The molecule has 1 aromatic rings. The fourth-order valence-corrected chi connectivity index (χ4v) is 4.23. The topological polar surface area (TPSA) is 32.3 Å². The zero-order valence-corrected chi connectivity index (χ0v) is 13.2. The van der Waals surface area contributed by atoms with Crippen molar-refractivity contribution in [3.05, 3.63) is 35.9 Å². The van der Waals surface area contributed by atoms with Crippen molar-refractivity contribution in [3.8, 4) is 0 Å². The number of fused-ring (bicyclic) bond motifs is 2. The molecule has 3 aliphatic rings. The fourth-order valence-electron chi connectivity index (χ4n) is 4.23. The van der Waals surface area contributed by atoms with E-state index in [0.717, 1.165) is 18.4 Å². The van der Waals surface area contributed by atoms with Gasteiger partial charge in [0.25, 0.3) is 0 Å². The van der Waals surface area contributed by atoms with Gasteiger partial charge in [-0.05, 0) is 41.6 Å². The van der Waals surface area contributed by atoms with Crippen LogP contribution in [-0.4, -0.2) is 17.8 Å². The zero-order valence-electron chi connectivity index (χ0n) is 12.4. The van der Waals surface area contributed by atoms with Crippen LogP contribution in [0, 0.1) is 23.2 Å². The highest BCUT2D eigenvalue weighted by Crippen LogP contribution is 2.60. The highest BCUT2D eigenvalue weighted by atomic mass is 35.5. The molecule has 0 amide bonds. The van der Waals surface area contributed by atoms with Crippen molar-refractivity contribution in [2.75, 3.05) is 6.61 Å². The van der Waals surface area contributed by atoms with Crippen LogP contribution in [0.5, 0.6) is 0 Å². The van der Waals surface area contributed by atoms with E-state index in [1.807, 2.05) is 0 Å². The maximum atomic E-state index is 9.63. The molecule has 4 rings (SSSR count). The van der Waals surface area contributed by atoms with Crippen molar-refractivity contribution in [1.82, 2.24) is 5.32 Å². The normalized spacial score (nSPS) is 34.0. The fraction of sp³-hybridized carbons (Fsp3) is 0.647. The number of aliphatic hydroxyl groups is 1. The Labute approximate surface area is 128 Å². The van der Waals surface area contributed by atoms with E-state index in [-0.39, 0.29) is 12.4 Å². The third-order valence-corrected chi connectivity index (χ3v) is 5.69. The standard InChI is InChI=1S/C17H25NO.ClH/c1-17(2)14-8-13(11-19)16(15(17)9-14)18-10-12-6-4-3-5-7-12;/h3-7,13-16,18-19H,8-11H2,1-2H3;1H/t13-,14-,15+,16-;/m1./s1. The van der Waals surface area contributed by atoms with Gasteiger partial charge >= 0.3 is 0 Å². The van der Waals surface area contributed by atoms with Gasteiger partial charge in [-0.1, -0.05) is 44.2 Å². The van der Waals surface area contributed by atoms with Crippen LogP contribution in [0.4, 0.5) is 0 Å². The van der Waals surface area contributed by atoms with Gasteiger partial charge in [-0.25, -0.2) is 0 Å². The molecule has 3 heteroatoms. The Balaban J connectivity index is 0.00000147. The van der Waals surface area contributed by atoms with Gasteiger partial charge in [-0.2, -0.15) is 0 Å². The summed E-state index contributed by atoms with van der Waals surface area (Å²) < 4.78 is 0. The molecule has 3 fully saturated rings. The first-order valence-corrected chi connectivity index (χ1v) is 7.51. The molecular formula is C17H26ClNO. The Morgan fingerprint density at radius 3 is 2.50 bits per heavy atom. The average molecular weight is 296 g/mol. The molecule has 3 aliphatic carbocycles. The smallest absolute Gasteiger partial charge is 0.0474 e. The number of aliphatic hydroxyl groups excluding tert-OH is 1. The maximum Gasteiger partial charge on any atom is 0.0474 e. The van der Waals surface area contributed by atoms with Gasteiger partial charge in [0.2, 0.25) is 0 Å². The van der Waals surface area contributed by atoms with E-state index in [1.165, 1.54) is 18.4 Å². The van der Waals surface area contributed by atoms with Gasteiger partial charge in [0.05, 0.1) is 0 Å². The van der Waals surface area contributed by atoms with E-state index < -0.39 is 0 Å². The van der Waals surface area contributed by atoms with Gasteiger partial charge in [0.1, 0.15) is 0 Å². The maximum absolute atomic E-state index is 9.63. The highest BCUT2D eigenvalue weighted by molar-refractivity contribution is 5.85. The highest BCUT2D eigenvalue weighted by Gasteiger charge is 2.57. The van der Waals surface area contributed by atoms with E-state index in [1.54, 1.807) is 0 Å². The molecule has 1 aromatic carbocycles. The summed E-state index contributed by atoms with van der Waals surface area (Å²) in [5.41, 5.74) is 1.79. The van der Waals surface area contributed by atoms with Gasteiger partial charge in [-0.15, -0.1) is 12.4 Å². The SMILES string of the molecule is CC1(C)[C@@H]2C[C@H](CO)[C@@H](NCc3ccccc3)[C@@H]1C2.Cl. The summed E-state index contributed by atoms with van der Waals surface area (Å²) in [5, 5.41) is 13.3. The second-order valence-corrected chi connectivity index (χ2v) is 6.93. The summed E-state index contributed by atoms with van der Waals surface area (Å²) in [7, 11) is 0. The van der Waals surface area contributed by atoms with Gasteiger partial charge in [0, 0.05) is 19.2 Å². The quantitative estimate of drug-likeness (QED) is 0.894. The van der Waals surface area contributed by atoms with Crippen molar-refractivity contribution in [3.63, 3.8) is 0 Å². The van der Waals surface area contributed by atoms with Crippen molar-refractivity contribution in [1.29, 1.82) is 0 Å². The molecule has 112 valence electrons. The molecule has 0 aromatic heterocycles. The Morgan fingerprint density at radius 2 is 1.90 bits per heavy atom. The van der Waals surface area contributed by atoms with Crippen LogP contribution in [0.15, 0.2) is 30.3 Å². The molecule has 0 saturated heterocycles. The van der Waals surface area contributed by atoms with Gasteiger partial charge in [0.15, 0.2) is 0 Å². The number of nitrogens with one attached hydrogen (secondary N) is 1. The predicted octanol–water partition coefficient (Wildman–Crippen LogP) is 3.24. The average Bonchev–Trinajstić information content (AvgIpc) is 2.45. The van der Waals surface area contributed by atoms with E-state index in [0.29, 0.717) is 24.0 Å². The molecule has 3 saturated carbocycles. The number of benzene rings is 1. The van der Waals surface area contributed by atoms with Crippen molar-refractivity contribution < 1.29 is 5.11 Å². The second-order valence-electron chi connectivity index (χ2n) is 6.93. The van der Waals surface area contributed by atoms with Gasteiger partial charge < -0.3 is 10.4 Å². The molecule has 0 unspecified atom stereocenters. The molecular weight excluding hydrogens is 270 g/mol. The minimum absolute atomic E-state index is 0. The lowest BCUT2D eigenvalue weighted by Crippen LogP contribution is -2.63. The van der Waals surface area contributed by atoms with Crippen LogP contribution in [-0.2, 0) is 6.54 Å². The van der Waals surface area contributed by atoms with Crippen LogP contribution in [0.2, 0.25) is 0 Å². The van der Waals surface area contributed by atoms with Crippen molar-refractivity contribution in [2.24, 2.45) is 23.2 Å². The van der Waals surface area contributed by atoms with Crippen LogP contribution < -0.4 is 5.32 Å². The molecule has 4 atom stereocenters. The molecule has 0 radical (unpaired) electrons. The Bertz CT molecular complexity index is 434. The first-order valence-electron chi connectivity index (χ1n) is 7.51. The molecule has 0 heterocycles. The number of rotatable bonds is 4. The first-order chi connectivity index (χ1) is 9.13. The lowest BCUT2D eigenvalue weighted by atomic mass is 9.45. The van der Waals surface area contributed by atoms with Crippen LogP contribution in [0.3, 0.4) is 0 Å². The summed E-state index contributed by atoms with van der Waals surface area (Å²) in [6.07, 6.45) is 2.53. The Kier molecular flexibility index (Phi) is 4.78. The number of hydrogen-bond acceptors (Lipinski definition) is 2. The van der Waals surface area contributed by atoms with Gasteiger partial charge in [-0.3, -0.25) is 0 Å². The van der Waals surface area contributed by atoms with Crippen molar-refractivity contribution >= 4 is 12.4 Å². The van der Waals surface area contributed by atoms with E-state index in [2.05, 4.69) is 49.5 Å². The van der Waals surface area contributed by atoms with Crippen LogP contribution in [0.1, 0.15) is 32.3 Å². The minimum Gasteiger partial charge on any atom is -0.396 e. The largest absolute Gasteiger partial charge is 0.396 e. The third-order valence-electron chi connectivity index (χ3n) is 5.69. The van der Waals surface area contributed by atoms with E-state index >= 15 is 0 Å². The number of hydrogen-bond donors (Lipinski definition) is 2. The molecule has 2 nitrogen and oxygen atoms in total. The summed E-state index contributed by atoms with van der Waals surface area (Å²) >= 11 is 0. The minimum atomic E-state index is 0. The molecule has 0 aliphatic heterocycles. The lowest BCUT2D eigenvalue weighted by Gasteiger charge is -2.62. The predicted molar refractivity (Wildman–Crippen MR) is 84.9 cm³/mol. The zero-order chi connectivity index (χ0) is 13.5. The third kappa shape index (κ3) is 2.61. The summed E-state index contributed by atoms with van der Waals surface area (Å²) in [6, 6.07) is 11.0. The number of halogens is 1. The summed E-state index contributed by atoms with van der Waals surface area (Å²) in [5.74, 6) is 2.00. The van der Waals surface area contributed by atoms with Crippen molar-refractivity contribution in [2.45, 2.75) is 39.3 Å². The monoisotopic (exact) mass is 295 g/mol. The first kappa shape index (κ1) is 15.8. The summed E-state index contributed by atoms with van der Waals surface area (Å²) in [4.78, 5) is 0. The Morgan fingerprint density at radius 1 is 1.20 bits per heavy atom. The second kappa shape index (κ2) is 6.05. The summed E-state index contributed by atoms with van der Waals surface area (Å²) in [6.45, 7) is 6.04. The van der Waals surface area contributed by atoms with E-state index in [9.17, 15) is 5.11 Å². The van der Waals surface area contributed by atoms with Crippen LogP contribution >= 0.6 is 12.4 Å². The van der Waals surface area contributed by atoms with Crippen LogP contribution in [0.25, 0.3) is 0 Å². The molecule has 20 heavy (non-hydrogen) atoms. The molecule has 2 bridgehead atoms. The molecule has 0 spiro atoms. The van der Waals surface area contributed by atoms with E-state index in [4.69, 9.17) is 0 Å². The lowest BCUT2D eigenvalue weighted by molar-refractivity contribution is -0.123. The Hall–Kier alpha value is -0.570. The molecule has 2 N–H and O–H groups in total.